The van der Waals surface area contributed by atoms with E-state index in [4.69, 9.17) is 21.1 Å². The van der Waals surface area contributed by atoms with Crippen LogP contribution in [0.4, 0.5) is 4.39 Å². The highest BCUT2D eigenvalue weighted by atomic mass is 127. The van der Waals surface area contributed by atoms with Crippen molar-refractivity contribution in [2.75, 3.05) is 21.3 Å². The molecular weight excluding hydrogens is 472 g/mol. The van der Waals surface area contributed by atoms with Crippen molar-refractivity contribution in [2.45, 2.75) is 13.1 Å². The maximum atomic E-state index is 13.2. The second kappa shape index (κ2) is 11.1. The van der Waals surface area contributed by atoms with Gasteiger partial charge >= 0.3 is 0 Å². The van der Waals surface area contributed by atoms with Crippen LogP contribution < -0.4 is 20.1 Å². The molecule has 0 fully saturated rings. The van der Waals surface area contributed by atoms with Crippen LogP contribution in [0.1, 0.15) is 11.1 Å². The molecule has 2 N–H and O–H groups in total. The number of benzene rings is 2. The van der Waals surface area contributed by atoms with E-state index in [1.807, 2.05) is 18.2 Å². The molecule has 26 heavy (non-hydrogen) atoms. The number of guanidine groups is 1. The van der Waals surface area contributed by atoms with Gasteiger partial charge < -0.3 is 20.1 Å². The number of rotatable bonds is 6. The SMILES string of the molecule is CN=C(NCc1ccc(F)c(Cl)c1)NCc1ccc(OC)c(OC)c1.I. The largest absolute Gasteiger partial charge is 0.493 e. The molecule has 0 aliphatic heterocycles. The fourth-order valence-electron chi connectivity index (χ4n) is 2.23. The van der Waals surface area contributed by atoms with Crippen molar-refractivity contribution < 1.29 is 13.9 Å². The fraction of sp³-hybridized carbons (Fsp3) is 0.278. The molecule has 0 atom stereocenters. The minimum absolute atomic E-state index is 0. The van der Waals surface area contributed by atoms with Gasteiger partial charge in [-0.05, 0) is 35.4 Å². The second-order valence-electron chi connectivity index (χ2n) is 5.22. The first-order valence-corrected chi connectivity index (χ1v) is 8.04. The molecule has 2 aromatic rings. The fourth-order valence-corrected chi connectivity index (χ4v) is 2.44. The van der Waals surface area contributed by atoms with Gasteiger partial charge in [0.15, 0.2) is 17.5 Å². The topological polar surface area (TPSA) is 54.9 Å². The van der Waals surface area contributed by atoms with Crippen LogP contribution >= 0.6 is 35.6 Å². The summed E-state index contributed by atoms with van der Waals surface area (Å²) in [6, 6.07) is 10.3. The minimum atomic E-state index is -0.429. The third-order valence-electron chi connectivity index (χ3n) is 3.58. The van der Waals surface area contributed by atoms with E-state index in [9.17, 15) is 4.39 Å². The quantitative estimate of drug-likeness (QED) is 0.363. The molecule has 0 saturated carbocycles. The number of hydrogen-bond donors (Lipinski definition) is 2. The van der Waals surface area contributed by atoms with Gasteiger partial charge in [0.05, 0.1) is 19.2 Å². The van der Waals surface area contributed by atoms with Gasteiger partial charge in [-0.1, -0.05) is 23.7 Å². The monoisotopic (exact) mass is 493 g/mol. The summed E-state index contributed by atoms with van der Waals surface area (Å²) in [6.45, 7) is 1.04. The normalized spacial score (nSPS) is 10.7. The second-order valence-corrected chi connectivity index (χ2v) is 5.62. The highest BCUT2D eigenvalue weighted by molar-refractivity contribution is 14.0. The van der Waals surface area contributed by atoms with E-state index in [2.05, 4.69) is 15.6 Å². The predicted octanol–water partition coefficient (Wildman–Crippen LogP) is 3.98. The number of halogens is 3. The van der Waals surface area contributed by atoms with Crippen LogP contribution in [0.3, 0.4) is 0 Å². The van der Waals surface area contributed by atoms with Gasteiger partial charge in [0, 0.05) is 20.1 Å². The lowest BCUT2D eigenvalue weighted by Gasteiger charge is -2.14. The van der Waals surface area contributed by atoms with Crippen LogP contribution in [-0.2, 0) is 13.1 Å². The Hall–Kier alpha value is -1.74. The maximum Gasteiger partial charge on any atom is 0.191 e. The van der Waals surface area contributed by atoms with Gasteiger partial charge in [0.2, 0.25) is 0 Å². The Bertz CT molecular complexity index is 759. The zero-order valence-corrected chi connectivity index (χ0v) is 17.9. The summed E-state index contributed by atoms with van der Waals surface area (Å²) in [7, 11) is 4.88. The molecule has 2 rings (SSSR count). The predicted molar refractivity (Wildman–Crippen MR) is 113 cm³/mol. The molecule has 0 unspecified atom stereocenters. The van der Waals surface area contributed by atoms with Crippen molar-refractivity contribution in [3.8, 4) is 11.5 Å². The van der Waals surface area contributed by atoms with Crippen LogP contribution in [0.2, 0.25) is 5.02 Å². The minimum Gasteiger partial charge on any atom is -0.493 e. The van der Waals surface area contributed by atoms with Crippen molar-refractivity contribution in [2.24, 2.45) is 4.99 Å². The van der Waals surface area contributed by atoms with E-state index >= 15 is 0 Å². The van der Waals surface area contributed by atoms with Crippen molar-refractivity contribution in [1.29, 1.82) is 0 Å². The molecule has 2 aromatic carbocycles. The number of nitrogens with one attached hydrogen (secondary N) is 2. The molecule has 0 spiro atoms. The van der Waals surface area contributed by atoms with E-state index < -0.39 is 5.82 Å². The van der Waals surface area contributed by atoms with Crippen molar-refractivity contribution >= 4 is 41.5 Å². The third kappa shape index (κ3) is 6.21. The third-order valence-corrected chi connectivity index (χ3v) is 3.87. The van der Waals surface area contributed by atoms with E-state index in [1.165, 1.54) is 6.07 Å². The summed E-state index contributed by atoms with van der Waals surface area (Å²) in [6.07, 6.45) is 0. The molecule has 0 aliphatic carbocycles. The number of aliphatic imine (C=N–C) groups is 1. The average Bonchev–Trinajstić information content (AvgIpc) is 2.64. The van der Waals surface area contributed by atoms with E-state index in [0.717, 1.165) is 11.1 Å². The molecule has 0 amide bonds. The first-order chi connectivity index (χ1) is 12.1. The van der Waals surface area contributed by atoms with Crippen molar-refractivity contribution in [3.63, 3.8) is 0 Å². The average molecular weight is 494 g/mol. The molecule has 0 heterocycles. The smallest absolute Gasteiger partial charge is 0.191 e. The summed E-state index contributed by atoms with van der Waals surface area (Å²) in [5.41, 5.74) is 1.88. The van der Waals surface area contributed by atoms with E-state index in [1.54, 1.807) is 33.4 Å². The molecule has 0 bridgehead atoms. The summed E-state index contributed by atoms with van der Waals surface area (Å²) >= 11 is 5.79. The van der Waals surface area contributed by atoms with Crippen molar-refractivity contribution in [3.05, 3.63) is 58.4 Å². The van der Waals surface area contributed by atoms with Gasteiger partial charge in [0.1, 0.15) is 5.82 Å². The lowest BCUT2D eigenvalue weighted by atomic mass is 10.2. The molecular formula is C18H22ClFIN3O2. The Kier molecular flexibility index (Phi) is 9.50. The van der Waals surface area contributed by atoms with Crippen LogP contribution in [0, 0.1) is 5.82 Å². The molecule has 0 saturated heterocycles. The molecule has 0 radical (unpaired) electrons. The Morgan fingerprint density at radius 1 is 1.00 bits per heavy atom. The van der Waals surface area contributed by atoms with Crippen molar-refractivity contribution in [1.82, 2.24) is 10.6 Å². The van der Waals surface area contributed by atoms with Crippen LogP contribution in [0.5, 0.6) is 11.5 Å². The molecule has 5 nitrogen and oxygen atoms in total. The van der Waals surface area contributed by atoms with Crippen LogP contribution in [-0.4, -0.2) is 27.2 Å². The van der Waals surface area contributed by atoms with Gasteiger partial charge in [-0.15, -0.1) is 24.0 Å². The standard InChI is InChI=1S/C18H21ClFN3O2.HI/c1-21-18(22-10-12-4-6-15(20)14(19)8-12)23-11-13-5-7-16(24-2)17(9-13)25-3;/h4-9H,10-11H2,1-3H3,(H2,21,22,23);1H. The Balaban J connectivity index is 0.00000338. The number of ether oxygens (including phenoxy) is 2. The summed E-state index contributed by atoms with van der Waals surface area (Å²) in [5, 5.41) is 6.47. The zero-order valence-electron chi connectivity index (χ0n) is 14.8. The van der Waals surface area contributed by atoms with E-state index in [-0.39, 0.29) is 29.0 Å². The van der Waals surface area contributed by atoms with Gasteiger partial charge in [-0.25, -0.2) is 4.39 Å². The van der Waals surface area contributed by atoms with E-state index in [0.29, 0.717) is 30.5 Å². The zero-order chi connectivity index (χ0) is 18.2. The summed E-state index contributed by atoms with van der Waals surface area (Å²) in [4.78, 5) is 4.17. The first kappa shape index (κ1) is 22.3. The van der Waals surface area contributed by atoms with Crippen LogP contribution in [0.15, 0.2) is 41.4 Å². The molecule has 0 aliphatic rings. The Morgan fingerprint density at radius 2 is 1.58 bits per heavy atom. The Labute approximate surface area is 175 Å². The highest BCUT2D eigenvalue weighted by Gasteiger charge is 2.06. The molecule has 142 valence electrons. The molecule has 0 aromatic heterocycles. The number of nitrogens with zero attached hydrogens (tertiary/aromatic N) is 1. The lowest BCUT2D eigenvalue weighted by molar-refractivity contribution is 0.354. The number of hydrogen-bond acceptors (Lipinski definition) is 3. The highest BCUT2D eigenvalue weighted by Crippen LogP contribution is 2.27. The van der Waals surface area contributed by atoms with Gasteiger partial charge in [0.25, 0.3) is 0 Å². The molecule has 8 heteroatoms. The lowest BCUT2D eigenvalue weighted by Crippen LogP contribution is -2.36. The number of methoxy groups -OCH3 is 2. The summed E-state index contributed by atoms with van der Waals surface area (Å²) in [5.74, 6) is 1.55. The maximum absolute atomic E-state index is 13.2. The van der Waals surface area contributed by atoms with Gasteiger partial charge in [-0.3, -0.25) is 4.99 Å². The summed E-state index contributed by atoms with van der Waals surface area (Å²) < 4.78 is 23.7. The van der Waals surface area contributed by atoms with Crippen LogP contribution in [0.25, 0.3) is 0 Å². The Morgan fingerprint density at radius 3 is 2.12 bits per heavy atom. The first-order valence-electron chi connectivity index (χ1n) is 7.66. The van der Waals surface area contributed by atoms with Gasteiger partial charge in [-0.2, -0.15) is 0 Å².